The van der Waals surface area contributed by atoms with E-state index in [1.54, 1.807) is 0 Å². The molecule has 3 aromatic rings. The van der Waals surface area contributed by atoms with Gasteiger partial charge in [-0.05, 0) is 34.2 Å². The highest BCUT2D eigenvalue weighted by Crippen LogP contribution is 2.41. The van der Waals surface area contributed by atoms with E-state index in [0.717, 1.165) is 34.2 Å². The monoisotopic (exact) mass is 298 g/mol. The third kappa shape index (κ3) is 2.21. The molecule has 23 heavy (non-hydrogen) atoms. The second-order valence-corrected chi connectivity index (χ2v) is 5.93. The zero-order valence-electron chi connectivity index (χ0n) is 12.8. The molecule has 0 bridgehead atoms. The standard InChI is InChI=1S/C22H18O/c23-22(19-13-2-1-3-14-19)20-15-6-4-9-17(20)11-8-12-18-10-5-7-16-21(18)22/h1-11,13-16,23H,12H2/b11-8-. The summed E-state index contributed by atoms with van der Waals surface area (Å²) >= 11 is 0. The molecule has 1 atom stereocenters. The van der Waals surface area contributed by atoms with Crippen molar-refractivity contribution < 1.29 is 5.11 Å². The van der Waals surface area contributed by atoms with E-state index < -0.39 is 5.60 Å². The molecule has 0 radical (unpaired) electrons. The fraction of sp³-hybridized carbons (Fsp3) is 0.0909. The van der Waals surface area contributed by atoms with Crippen LogP contribution in [0.15, 0.2) is 84.9 Å². The summed E-state index contributed by atoms with van der Waals surface area (Å²) in [6, 6.07) is 26.2. The van der Waals surface area contributed by atoms with Gasteiger partial charge in [0.05, 0.1) is 0 Å². The highest BCUT2D eigenvalue weighted by Gasteiger charge is 2.37. The minimum absolute atomic E-state index is 0.819. The normalized spacial score (nSPS) is 20.7. The van der Waals surface area contributed by atoms with Crippen molar-refractivity contribution in [3.05, 3.63) is 113 Å². The number of benzene rings is 3. The van der Waals surface area contributed by atoms with Crippen molar-refractivity contribution in [1.82, 2.24) is 0 Å². The maximum atomic E-state index is 11.9. The molecule has 1 unspecified atom stereocenters. The van der Waals surface area contributed by atoms with E-state index in [9.17, 15) is 5.11 Å². The lowest BCUT2D eigenvalue weighted by molar-refractivity contribution is 0.124. The average molecular weight is 298 g/mol. The molecule has 0 aromatic heterocycles. The zero-order chi connectivity index (χ0) is 15.7. The molecule has 1 N–H and O–H groups in total. The fourth-order valence-electron chi connectivity index (χ4n) is 3.47. The van der Waals surface area contributed by atoms with Gasteiger partial charge in [-0.25, -0.2) is 0 Å². The molecule has 1 aliphatic carbocycles. The van der Waals surface area contributed by atoms with Crippen molar-refractivity contribution >= 4 is 6.08 Å². The van der Waals surface area contributed by atoms with Crippen molar-refractivity contribution in [2.24, 2.45) is 0 Å². The topological polar surface area (TPSA) is 20.2 Å². The predicted octanol–water partition coefficient (Wildman–Crippen LogP) is 4.54. The van der Waals surface area contributed by atoms with E-state index in [2.05, 4.69) is 24.3 Å². The highest BCUT2D eigenvalue weighted by atomic mass is 16.3. The van der Waals surface area contributed by atoms with Gasteiger partial charge in [-0.15, -0.1) is 0 Å². The van der Waals surface area contributed by atoms with Crippen LogP contribution < -0.4 is 0 Å². The highest BCUT2D eigenvalue weighted by molar-refractivity contribution is 5.63. The quantitative estimate of drug-likeness (QED) is 0.699. The molecule has 0 fully saturated rings. The molecule has 1 nitrogen and oxygen atoms in total. The summed E-state index contributed by atoms with van der Waals surface area (Å²) < 4.78 is 0. The SMILES string of the molecule is OC1(c2ccccc2)c2ccccc2/C=C\Cc2ccccc21. The van der Waals surface area contributed by atoms with Crippen molar-refractivity contribution in [3.8, 4) is 0 Å². The van der Waals surface area contributed by atoms with Gasteiger partial charge >= 0.3 is 0 Å². The summed E-state index contributed by atoms with van der Waals surface area (Å²) in [4.78, 5) is 0. The van der Waals surface area contributed by atoms with Crippen LogP contribution in [-0.2, 0) is 12.0 Å². The van der Waals surface area contributed by atoms with Gasteiger partial charge in [0, 0.05) is 0 Å². The van der Waals surface area contributed by atoms with Crippen LogP contribution in [0, 0.1) is 0 Å². The van der Waals surface area contributed by atoms with Gasteiger partial charge in [0.25, 0.3) is 0 Å². The molecule has 0 heterocycles. The van der Waals surface area contributed by atoms with Crippen molar-refractivity contribution in [2.45, 2.75) is 12.0 Å². The Balaban J connectivity index is 2.10. The van der Waals surface area contributed by atoms with Crippen LogP contribution in [0.3, 0.4) is 0 Å². The Hall–Kier alpha value is -2.64. The summed E-state index contributed by atoms with van der Waals surface area (Å²) in [5.74, 6) is 0. The summed E-state index contributed by atoms with van der Waals surface area (Å²) in [6.07, 6.45) is 5.10. The smallest absolute Gasteiger partial charge is 0.141 e. The first kappa shape index (κ1) is 14.0. The molecule has 3 aromatic carbocycles. The third-order valence-corrected chi connectivity index (χ3v) is 4.58. The Kier molecular flexibility index (Phi) is 3.36. The van der Waals surface area contributed by atoms with Crippen molar-refractivity contribution in [3.63, 3.8) is 0 Å². The van der Waals surface area contributed by atoms with Crippen LogP contribution >= 0.6 is 0 Å². The van der Waals surface area contributed by atoms with Gasteiger partial charge in [-0.2, -0.15) is 0 Å². The van der Waals surface area contributed by atoms with Crippen molar-refractivity contribution in [1.29, 1.82) is 0 Å². The van der Waals surface area contributed by atoms with E-state index >= 15 is 0 Å². The van der Waals surface area contributed by atoms with Crippen LogP contribution in [0.4, 0.5) is 0 Å². The van der Waals surface area contributed by atoms with Crippen LogP contribution in [0.25, 0.3) is 6.08 Å². The lowest BCUT2D eigenvalue weighted by Crippen LogP contribution is -2.31. The first-order valence-corrected chi connectivity index (χ1v) is 7.92. The Morgan fingerprint density at radius 1 is 0.696 bits per heavy atom. The lowest BCUT2D eigenvalue weighted by atomic mass is 9.75. The molecule has 4 rings (SSSR count). The summed E-state index contributed by atoms with van der Waals surface area (Å²) in [5.41, 5.74) is 3.87. The van der Waals surface area contributed by atoms with Crippen LogP contribution in [0.5, 0.6) is 0 Å². The minimum atomic E-state index is -1.14. The zero-order valence-corrected chi connectivity index (χ0v) is 12.8. The van der Waals surface area contributed by atoms with Gasteiger partial charge < -0.3 is 5.11 Å². The molecular weight excluding hydrogens is 280 g/mol. The molecule has 0 saturated carbocycles. The lowest BCUT2D eigenvalue weighted by Gasteiger charge is -2.34. The largest absolute Gasteiger partial charge is 0.376 e. The number of allylic oxidation sites excluding steroid dienone is 1. The number of aliphatic hydroxyl groups is 1. The van der Waals surface area contributed by atoms with Crippen LogP contribution in [0.2, 0.25) is 0 Å². The molecule has 0 spiro atoms. The van der Waals surface area contributed by atoms with Gasteiger partial charge in [-0.1, -0.05) is 91.0 Å². The summed E-state index contributed by atoms with van der Waals surface area (Å²) in [6.45, 7) is 0. The van der Waals surface area contributed by atoms with Gasteiger partial charge in [0.1, 0.15) is 5.60 Å². The van der Waals surface area contributed by atoms with Gasteiger partial charge in [0.2, 0.25) is 0 Å². The van der Waals surface area contributed by atoms with Crippen molar-refractivity contribution in [2.75, 3.05) is 0 Å². The average Bonchev–Trinajstić information content (AvgIpc) is 2.61. The Morgan fingerprint density at radius 3 is 2.17 bits per heavy atom. The third-order valence-electron chi connectivity index (χ3n) is 4.58. The van der Waals surface area contributed by atoms with Crippen LogP contribution in [-0.4, -0.2) is 5.11 Å². The molecular formula is C22H18O. The van der Waals surface area contributed by atoms with Gasteiger partial charge in [0.15, 0.2) is 0 Å². The molecule has 1 aliphatic rings. The Labute approximate surface area is 136 Å². The molecule has 0 amide bonds. The second-order valence-electron chi connectivity index (χ2n) is 5.93. The van der Waals surface area contributed by atoms with E-state index in [0.29, 0.717) is 0 Å². The van der Waals surface area contributed by atoms with Gasteiger partial charge in [-0.3, -0.25) is 0 Å². The molecule has 1 heteroatoms. The summed E-state index contributed by atoms with van der Waals surface area (Å²) in [5, 5.41) is 11.9. The van der Waals surface area contributed by atoms with E-state index in [1.165, 1.54) is 0 Å². The van der Waals surface area contributed by atoms with Crippen LogP contribution in [0.1, 0.15) is 27.8 Å². The van der Waals surface area contributed by atoms with E-state index in [4.69, 9.17) is 0 Å². The number of fused-ring (bicyclic) bond motifs is 2. The Morgan fingerprint density at radius 2 is 1.35 bits per heavy atom. The fourth-order valence-corrected chi connectivity index (χ4v) is 3.47. The van der Waals surface area contributed by atoms with E-state index in [1.807, 2.05) is 66.7 Å². The minimum Gasteiger partial charge on any atom is -0.376 e. The maximum Gasteiger partial charge on any atom is 0.141 e. The molecule has 112 valence electrons. The second kappa shape index (κ2) is 5.53. The number of rotatable bonds is 1. The number of hydrogen-bond donors (Lipinski definition) is 1. The molecule has 0 aliphatic heterocycles. The van der Waals surface area contributed by atoms with E-state index in [-0.39, 0.29) is 0 Å². The molecule has 0 saturated heterocycles. The summed E-state index contributed by atoms with van der Waals surface area (Å²) in [7, 11) is 0. The first-order chi connectivity index (χ1) is 11.3. The maximum absolute atomic E-state index is 11.9. The number of hydrogen-bond acceptors (Lipinski definition) is 1. The first-order valence-electron chi connectivity index (χ1n) is 7.92. The Bertz CT molecular complexity index is 864. The predicted molar refractivity (Wildman–Crippen MR) is 94.2 cm³/mol.